The molecule has 0 radical (unpaired) electrons. The Bertz CT molecular complexity index is 555. The molecule has 1 heterocycles. The van der Waals surface area contributed by atoms with E-state index in [0.29, 0.717) is 0 Å². The van der Waals surface area contributed by atoms with Gasteiger partial charge in [0, 0.05) is 25.4 Å². The van der Waals surface area contributed by atoms with Gasteiger partial charge < -0.3 is 5.32 Å². The zero-order chi connectivity index (χ0) is 13.8. The molecule has 2 rings (SSSR count). The summed E-state index contributed by atoms with van der Waals surface area (Å²) in [6.45, 7) is 8.41. The molecule has 0 bridgehead atoms. The Morgan fingerprint density at radius 3 is 2.63 bits per heavy atom. The highest BCUT2D eigenvalue weighted by Gasteiger charge is 2.09. The molecule has 0 unspecified atom stereocenters. The third-order valence-electron chi connectivity index (χ3n) is 3.36. The van der Waals surface area contributed by atoms with Gasteiger partial charge >= 0.3 is 0 Å². The van der Waals surface area contributed by atoms with Crippen molar-refractivity contribution < 1.29 is 0 Å². The van der Waals surface area contributed by atoms with Crippen molar-refractivity contribution >= 4 is 0 Å². The summed E-state index contributed by atoms with van der Waals surface area (Å²) in [7, 11) is 1.97. The van der Waals surface area contributed by atoms with E-state index in [1.54, 1.807) is 0 Å². The minimum Gasteiger partial charge on any atom is -0.313 e. The molecule has 0 saturated heterocycles. The summed E-state index contributed by atoms with van der Waals surface area (Å²) in [4.78, 5) is 0. The Morgan fingerprint density at radius 2 is 2.00 bits per heavy atom. The van der Waals surface area contributed by atoms with E-state index in [1.165, 1.54) is 28.7 Å². The average Bonchev–Trinajstić information content (AvgIpc) is 2.71. The molecule has 3 heteroatoms. The van der Waals surface area contributed by atoms with Crippen LogP contribution in [-0.4, -0.2) is 16.3 Å². The van der Waals surface area contributed by atoms with E-state index < -0.39 is 0 Å². The maximum absolute atomic E-state index is 4.43. The van der Waals surface area contributed by atoms with Crippen LogP contribution >= 0.6 is 0 Å². The first-order valence-electron chi connectivity index (χ1n) is 6.92. The van der Waals surface area contributed by atoms with Gasteiger partial charge in [0.25, 0.3) is 0 Å². The van der Waals surface area contributed by atoms with Gasteiger partial charge in [0.15, 0.2) is 0 Å². The molecule has 0 saturated carbocycles. The summed E-state index contributed by atoms with van der Waals surface area (Å²) < 4.78 is 1.88. The molecule has 0 aliphatic rings. The largest absolute Gasteiger partial charge is 0.313 e. The Morgan fingerprint density at radius 1 is 1.21 bits per heavy atom. The Balaban J connectivity index is 2.29. The van der Waals surface area contributed by atoms with Crippen molar-refractivity contribution in [1.29, 1.82) is 0 Å². The number of hydrogen-bond donors (Lipinski definition) is 1. The van der Waals surface area contributed by atoms with Crippen molar-refractivity contribution in [3.05, 3.63) is 41.2 Å². The first-order chi connectivity index (χ1) is 9.11. The van der Waals surface area contributed by atoms with Crippen LogP contribution in [0.1, 0.15) is 30.2 Å². The van der Waals surface area contributed by atoms with Gasteiger partial charge in [0.2, 0.25) is 0 Å². The summed E-state index contributed by atoms with van der Waals surface area (Å²) in [5.74, 6) is 0. The molecule has 19 heavy (non-hydrogen) atoms. The van der Waals surface area contributed by atoms with Crippen molar-refractivity contribution in [2.75, 3.05) is 6.54 Å². The highest BCUT2D eigenvalue weighted by atomic mass is 15.2. The van der Waals surface area contributed by atoms with Crippen molar-refractivity contribution in [2.24, 2.45) is 7.05 Å². The van der Waals surface area contributed by atoms with Gasteiger partial charge in [-0.05, 0) is 49.6 Å². The maximum atomic E-state index is 4.43. The molecule has 3 nitrogen and oxygen atoms in total. The van der Waals surface area contributed by atoms with Gasteiger partial charge in [-0.25, -0.2) is 0 Å². The highest BCUT2D eigenvalue weighted by Crippen LogP contribution is 2.26. The van der Waals surface area contributed by atoms with Crippen LogP contribution in [0, 0.1) is 13.8 Å². The first-order valence-corrected chi connectivity index (χ1v) is 6.92. The smallest absolute Gasteiger partial charge is 0.0672 e. The van der Waals surface area contributed by atoms with Crippen LogP contribution in [0.2, 0.25) is 0 Å². The molecule has 2 aromatic rings. The molecular formula is C16H23N3. The quantitative estimate of drug-likeness (QED) is 0.834. The van der Waals surface area contributed by atoms with Gasteiger partial charge in [-0.1, -0.05) is 19.1 Å². The molecule has 1 aromatic heterocycles. The van der Waals surface area contributed by atoms with Crippen LogP contribution in [0.25, 0.3) is 11.1 Å². The first kappa shape index (κ1) is 13.8. The zero-order valence-corrected chi connectivity index (χ0v) is 12.3. The fourth-order valence-electron chi connectivity index (χ4n) is 2.34. The Kier molecular flexibility index (Phi) is 4.38. The van der Waals surface area contributed by atoms with E-state index in [1.807, 2.05) is 11.7 Å². The van der Waals surface area contributed by atoms with Crippen LogP contribution in [0.15, 0.2) is 24.4 Å². The van der Waals surface area contributed by atoms with Crippen molar-refractivity contribution in [3.8, 4) is 11.1 Å². The van der Waals surface area contributed by atoms with E-state index in [2.05, 4.69) is 55.6 Å². The minimum absolute atomic E-state index is 0.931. The molecule has 1 aromatic carbocycles. The third-order valence-corrected chi connectivity index (χ3v) is 3.36. The van der Waals surface area contributed by atoms with Crippen LogP contribution in [0.4, 0.5) is 0 Å². The lowest BCUT2D eigenvalue weighted by Gasteiger charge is -2.09. The second-order valence-corrected chi connectivity index (χ2v) is 5.13. The second kappa shape index (κ2) is 6.02. The molecule has 0 atom stereocenters. The average molecular weight is 257 g/mol. The number of nitrogens with one attached hydrogen (secondary N) is 1. The normalized spacial score (nSPS) is 10.9. The number of nitrogens with zero attached hydrogens (tertiary/aromatic N) is 2. The number of benzene rings is 1. The summed E-state index contributed by atoms with van der Waals surface area (Å²) in [5, 5.41) is 7.88. The van der Waals surface area contributed by atoms with Crippen LogP contribution in [0.3, 0.4) is 0 Å². The van der Waals surface area contributed by atoms with Gasteiger partial charge in [0.1, 0.15) is 0 Å². The van der Waals surface area contributed by atoms with E-state index in [4.69, 9.17) is 0 Å². The summed E-state index contributed by atoms with van der Waals surface area (Å²) in [6, 6.07) is 6.68. The van der Waals surface area contributed by atoms with Gasteiger partial charge in [-0.15, -0.1) is 0 Å². The lowest BCUT2D eigenvalue weighted by molar-refractivity contribution is 0.675. The van der Waals surface area contributed by atoms with Crippen molar-refractivity contribution in [3.63, 3.8) is 0 Å². The number of hydrogen-bond acceptors (Lipinski definition) is 2. The molecule has 0 aliphatic heterocycles. The van der Waals surface area contributed by atoms with E-state index in [9.17, 15) is 0 Å². The van der Waals surface area contributed by atoms with Gasteiger partial charge in [-0.3, -0.25) is 4.68 Å². The van der Waals surface area contributed by atoms with Gasteiger partial charge in [-0.2, -0.15) is 5.10 Å². The number of aryl methyl sites for hydroxylation is 3. The molecule has 0 amide bonds. The highest BCUT2D eigenvalue weighted by molar-refractivity contribution is 5.69. The molecule has 0 fully saturated rings. The topological polar surface area (TPSA) is 29.9 Å². The van der Waals surface area contributed by atoms with E-state index >= 15 is 0 Å². The lowest BCUT2D eigenvalue weighted by atomic mass is 9.98. The summed E-state index contributed by atoms with van der Waals surface area (Å²) in [5.41, 5.74) is 6.25. The predicted molar refractivity (Wildman–Crippen MR) is 80.1 cm³/mol. The second-order valence-electron chi connectivity index (χ2n) is 5.13. The third kappa shape index (κ3) is 3.24. The monoisotopic (exact) mass is 257 g/mol. The van der Waals surface area contributed by atoms with E-state index in [0.717, 1.165) is 18.8 Å². The fourth-order valence-corrected chi connectivity index (χ4v) is 2.34. The molecule has 0 spiro atoms. The Labute approximate surface area is 115 Å². The lowest BCUT2D eigenvalue weighted by Crippen LogP contribution is -2.13. The van der Waals surface area contributed by atoms with E-state index in [-0.39, 0.29) is 0 Å². The molecule has 102 valence electrons. The standard InChI is InChI=1S/C16H23N3/c1-5-8-17-10-14-7-6-12(2)15(9-14)16-11-19(4)18-13(16)3/h6-7,9,11,17H,5,8,10H2,1-4H3. The zero-order valence-electron chi connectivity index (χ0n) is 12.3. The van der Waals surface area contributed by atoms with Crippen LogP contribution in [-0.2, 0) is 13.6 Å². The summed E-state index contributed by atoms with van der Waals surface area (Å²) >= 11 is 0. The van der Waals surface area contributed by atoms with Crippen molar-refractivity contribution in [2.45, 2.75) is 33.7 Å². The minimum atomic E-state index is 0.931. The number of aromatic nitrogens is 2. The van der Waals surface area contributed by atoms with Crippen LogP contribution < -0.4 is 5.32 Å². The van der Waals surface area contributed by atoms with Crippen molar-refractivity contribution in [1.82, 2.24) is 15.1 Å². The number of rotatable bonds is 5. The van der Waals surface area contributed by atoms with Crippen LogP contribution in [0.5, 0.6) is 0 Å². The molecule has 0 aliphatic carbocycles. The summed E-state index contributed by atoms with van der Waals surface area (Å²) in [6.07, 6.45) is 3.27. The SMILES string of the molecule is CCCNCc1ccc(C)c(-c2cn(C)nc2C)c1. The Hall–Kier alpha value is -1.61. The molecular weight excluding hydrogens is 234 g/mol. The fraction of sp³-hybridized carbons (Fsp3) is 0.438. The maximum Gasteiger partial charge on any atom is 0.0672 e. The van der Waals surface area contributed by atoms with Gasteiger partial charge in [0.05, 0.1) is 5.69 Å². The molecule has 1 N–H and O–H groups in total. The predicted octanol–water partition coefficient (Wildman–Crippen LogP) is 3.20.